The molecule has 1 N–H and O–H groups in total. The van der Waals surface area contributed by atoms with Crippen LogP contribution < -0.4 is 0 Å². The maximum Gasteiger partial charge on any atom is 0.0671 e. The van der Waals surface area contributed by atoms with Crippen LogP contribution in [0.4, 0.5) is 0 Å². The van der Waals surface area contributed by atoms with E-state index < -0.39 is 0 Å². The molecule has 86 valence electrons. The van der Waals surface area contributed by atoms with Gasteiger partial charge in [0.15, 0.2) is 0 Å². The topological polar surface area (TPSA) is 53.2 Å². The van der Waals surface area contributed by atoms with Crippen molar-refractivity contribution in [3.05, 3.63) is 35.9 Å². The lowest BCUT2D eigenvalue weighted by atomic mass is 9.91. The van der Waals surface area contributed by atoms with Gasteiger partial charge in [-0.3, -0.25) is 0 Å². The third-order valence-electron chi connectivity index (χ3n) is 2.72. The van der Waals surface area contributed by atoms with Crippen LogP contribution in [0.5, 0.6) is 0 Å². The molecule has 0 radical (unpaired) electrons. The molecule has 0 aliphatic carbocycles. The molecule has 0 aliphatic rings. The van der Waals surface area contributed by atoms with E-state index in [0.717, 1.165) is 5.56 Å². The zero-order valence-electron chi connectivity index (χ0n) is 9.47. The molecule has 3 nitrogen and oxygen atoms in total. The Hall–Kier alpha value is -1.37. The minimum atomic E-state index is -0.105. The van der Waals surface area contributed by atoms with Gasteiger partial charge in [-0.15, -0.1) is 0 Å². The fourth-order valence-electron chi connectivity index (χ4n) is 1.83. The molecule has 1 aromatic rings. The predicted octanol–water partition coefficient (Wildman–Crippen LogP) is 2.08. The first kappa shape index (κ1) is 12.7. The molecule has 2 atom stereocenters. The Kier molecular flexibility index (Phi) is 5.55. The zero-order valence-corrected chi connectivity index (χ0v) is 9.47. The second-order valence-corrected chi connectivity index (χ2v) is 3.67. The summed E-state index contributed by atoms with van der Waals surface area (Å²) in [5.41, 5.74) is 1.05. The van der Waals surface area contributed by atoms with Crippen molar-refractivity contribution in [3.63, 3.8) is 0 Å². The van der Waals surface area contributed by atoms with E-state index in [1.165, 1.54) is 0 Å². The Balaban J connectivity index is 2.76. The SMILES string of the molecule is COC(CCC#N)C(CO)c1ccccc1. The highest BCUT2D eigenvalue weighted by Crippen LogP contribution is 2.24. The lowest BCUT2D eigenvalue weighted by Crippen LogP contribution is -2.24. The van der Waals surface area contributed by atoms with E-state index in [0.29, 0.717) is 12.8 Å². The van der Waals surface area contributed by atoms with Crippen LogP contribution in [-0.4, -0.2) is 24.9 Å². The molecule has 0 saturated heterocycles. The first-order valence-electron chi connectivity index (χ1n) is 5.39. The van der Waals surface area contributed by atoms with Crippen molar-refractivity contribution in [3.8, 4) is 6.07 Å². The largest absolute Gasteiger partial charge is 0.396 e. The van der Waals surface area contributed by atoms with Crippen LogP contribution >= 0.6 is 0 Å². The van der Waals surface area contributed by atoms with Gasteiger partial charge >= 0.3 is 0 Å². The Morgan fingerprint density at radius 3 is 2.56 bits per heavy atom. The van der Waals surface area contributed by atoms with E-state index >= 15 is 0 Å². The molecular weight excluding hydrogens is 202 g/mol. The van der Waals surface area contributed by atoms with E-state index in [1.807, 2.05) is 30.3 Å². The van der Waals surface area contributed by atoms with Gasteiger partial charge in [-0.05, 0) is 12.0 Å². The van der Waals surface area contributed by atoms with Crippen molar-refractivity contribution >= 4 is 0 Å². The molecule has 0 saturated carbocycles. The molecule has 0 fully saturated rings. The number of hydrogen-bond acceptors (Lipinski definition) is 3. The Morgan fingerprint density at radius 2 is 2.06 bits per heavy atom. The Labute approximate surface area is 96.3 Å². The fraction of sp³-hybridized carbons (Fsp3) is 0.462. The number of hydrogen-bond donors (Lipinski definition) is 1. The van der Waals surface area contributed by atoms with Gasteiger partial charge in [0.25, 0.3) is 0 Å². The van der Waals surface area contributed by atoms with Gasteiger partial charge in [-0.25, -0.2) is 0 Å². The smallest absolute Gasteiger partial charge is 0.0671 e. The second-order valence-electron chi connectivity index (χ2n) is 3.67. The average molecular weight is 219 g/mol. The molecule has 2 unspecified atom stereocenters. The average Bonchev–Trinajstić information content (AvgIpc) is 2.35. The summed E-state index contributed by atoms with van der Waals surface area (Å²) in [7, 11) is 1.62. The molecule has 1 rings (SSSR count). The highest BCUT2D eigenvalue weighted by molar-refractivity contribution is 5.21. The van der Waals surface area contributed by atoms with Gasteiger partial charge < -0.3 is 9.84 Å². The van der Waals surface area contributed by atoms with Crippen molar-refractivity contribution in [1.82, 2.24) is 0 Å². The molecule has 3 heteroatoms. The summed E-state index contributed by atoms with van der Waals surface area (Å²) in [5.74, 6) is -0.0560. The lowest BCUT2D eigenvalue weighted by Gasteiger charge is -2.24. The van der Waals surface area contributed by atoms with Crippen molar-refractivity contribution < 1.29 is 9.84 Å². The van der Waals surface area contributed by atoms with Crippen LogP contribution in [0.2, 0.25) is 0 Å². The third-order valence-corrected chi connectivity index (χ3v) is 2.72. The van der Waals surface area contributed by atoms with E-state index in [1.54, 1.807) is 7.11 Å². The van der Waals surface area contributed by atoms with E-state index in [9.17, 15) is 5.11 Å². The van der Waals surface area contributed by atoms with Gasteiger partial charge in [-0.2, -0.15) is 5.26 Å². The van der Waals surface area contributed by atoms with Crippen molar-refractivity contribution in [1.29, 1.82) is 5.26 Å². The van der Waals surface area contributed by atoms with Crippen LogP contribution in [0, 0.1) is 11.3 Å². The number of aliphatic hydroxyl groups excluding tert-OH is 1. The Morgan fingerprint density at radius 1 is 1.38 bits per heavy atom. The van der Waals surface area contributed by atoms with E-state index in [4.69, 9.17) is 10.00 Å². The van der Waals surface area contributed by atoms with Gasteiger partial charge in [0.2, 0.25) is 0 Å². The quantitative estimate of drug-likeness (QED) is 0.797. The maximum absolute atomic E-state index is 9.42. The number of benzene rings is 1. The van der Waals surface area contributed by atoms with Gasteiger partial charge in [0.1, 0.15) is 0 Å². The van der Waals surface area contributed by atoms with Crippen molar-refractivity contribution in [2.75, 3.05) is 13.7 Å². The van der Waals surface area contributed by atoms with Crippen molar-refractivity contribution in [2.45, 2.75) is 24.9 Å². The minimum absolute atomic E-state index is 0.0357. The monoisotopic (exact) mass is 219 g/mol. The van der Waals surface area contributed by atoms with Crippen LogP contribution in [0.25, 0.3) is 0 Å². The standard InChI is InChI=1S/C13H17NO2/c1-16-13(8-5-9-14)12(10-15)11-6-3-2-4-7-11/h2-4,6-7,12-13,15H,5,8,10H2,1H3. The number of methoxy groups -OCH3 is 1. The molecule has 16 heavy (non-hydrogen) atoms. The maximum atomic E-state index is 9.42. The summed E-state index contributed by atoms with van der Waals surface area (Å²) in [6.45, 7) is 0.0357. The molecule has 0 spiro atoms. The molecule has 0 aromatic heterocycles. The normalized spacial score (nSPS) is 14.1. The van der Waals surface area contributed by atoms with E-state index in [-0.39, 0.29) is 18.6 Å². The predicted molar refractivity (Wildman–Crippen MR) is 61.9 cm³/mol. The van der Waals surface area contributed by atoms with Crippen molar-refractivity contribution in [2.24, 2.45) is 0 Å². The molecule has 0 amide bonds. The number of nitriles is 1. The molecule has 1 aromatic carbocycles. The van der Waals surface area contributed by atoms with Gasteiger partial charge in [-0.1, -0.05) is 30.3 Å². The molecule has 0 aliphatic heterocycles. The first-order valence-corrected chi connectivity index (χ1v) is 5.39. The zero-order chi connectivity index (χ0) is 11.8. The van der Waals surface area contributed by atoms with Gasteiger partial charge in [0.05, 0.1) is 18.8 Å². The molecule has 0 bridgehead atoms. The summed E-state index contributed by atoms with van der Waals surface area (Å²) in [4.78, 5) is 0. The number of aliphatic hydroxyl groups is 1. The first-order chi connectivity index (χ1) is 7.83. The number of rotatable bonds is 6. The van der Waals surface area contributed by atoms with Crippen LogP contribution in [0.15, 0.2) is 30.3 Å². The molecule has 0 heterocycles. The highest BCUT2D eigenvalue weighted by Gasteiger charge is 2.21. The summed E-state index contributed by atoms with van der Waals surface area (Å²) < 4.78 is 5.35. The third kappa shape index (κ3) is 3.34. The fourth-order valence-corrected chi connectivity index (χ4v) is 1.83. The molecular formula is C13H17NO2. The Bertz CT molecular complexity index is 332. The van der Waals surface area contributed by atoms with Crippen LogP contribution in [0.1, 0.15) is 24.3 Å². The van der Waals surface area contributed by atoms with Crippen LogP contribution in [-0.2, 0) is 4.74 Å². The summed E-state index contributed by atoms with van der Waals surface area (Å²) in [6, 6.07) is 11.9. The number of ether oxygens (including phenoxy) is 1. The summed E-state index contributed by atoms with van der Waals surface area (Å²) >= 11 is 0. The minimum Gasteiger partial charge on any atom is -0.396 e. The highest BCUT2D eigenvalue weighted by atomic mass is 16.5. The van der Waals surface area contributed by atoms with Crippen LogP contribution in [0.3, 0.4) is 0 Å². The summed E-state index contributed by atoms with van der Waals surface area (Å²) in [6.07, 6.45) is 0.988. The lowest BCUT2D eigenvalue weighted by molar-refractivity contribution is 0.0521. The second kappa shape index (κ2) is 7.00. The summed E-state index contributed by atoms with van der Waals surface area (Å²) in [5, 5.41) is 18.0. The van der Waals surface area contributed by atoms with E-state index in [2.05, 4.69) is 6.07 Å². The van der Waals surface area contributed by atoms with Gasteiger partial charge in [0, 0.05) is 19.4 Å². The number of nitrogens with zero attached hydrogens (tertiary/aromatic N) is 1.